The van der Waals surface area contributed by atoms with Crippen LogP contribution in [0.2, 0.25) is 13.6 Å². The molecule has 0 unspecified atom stereocenters. The predicted molar refractivity (Wildman–Crippen MR) is 27.1 cm³/mol. The molecule has 0 aliphatic rings. The van der Waals surface area contributed by atoms with Crippen molar-refractivity contribution in [2.75, 3.05) is 0 Å². The Bertz CT molecular complexity index is 34.6. The van der Waals surface area contributed by atoms with Gasteiger partial charge in [-0.1, -0.05) is 0 Å². The molecule has 3 heteroatoms. The van der Waals surface area contributed by atoms with E-state index in [9.17, 15) is 0 Å². The van der Waals surface area contributed by atoms with Gasteiger partial charge in [-0.25, -0.2) is 0 Å². The van der Waals surface area contributed by atoms with Gasteiger partial charge in [0.2, 0.25) is 0 Å². The molecule has 0 bridgehead atoms. The van der Waals surface area contributed by atoms with Gasteiger partial charge < -0.3 is 0 Å². The SMILES string of the molecule is B=NB(C)C. The molecule has 26 valence electrons. The van der Waals surface area contributed by atoms with Gasteiger partial charge in [0, 0.05) is 0 Å². The van der Waals surface area contributed by atoms with E-state index in [0.717, 1.165) is 0 Å². The third kappa shape index (κ3) is 3.93. The van der Waals surface area contributed by atoms with Crippen molar-refractivity contribution in [1.82, 2.24) is 0 Å². The van der Waals surface area contributed by atoms with E-state index in [0.29, 0.717) is 6.85 Å². The summed E-state index contributed by atoms with van der Waals surface area (Å²) in [6.07, 6.45) is 0. The van der Waals surface area contributed by atoms with Crippen LogP contribution >= 0.6 is 0 Å². The third-order valence-corrected chi connectivity index (χ3v) is 0.365. The fourth-order valence-corrected chi connectivity index (χ4v) is 0. The first-order valence-corrected chi connectivity index (χ1v) is 1.73. The van der Waals surface area contributed by atoms with Crippen molar-refractivity contribution in [1.29, 1.82) is 0 Å². The molecule has 0 aliphatic heterocycles. The maximum atomic E-state index is 3.64. The van der Waals surface area contributed by atoms with Gasteiger partial charge in [0.25, 0.3) is 0 Å². The fourth-order valence-electron chi connectivity index (χ4n) is 0. The molecule has 0 N–H and O–H groups in total. The number of rotatable bonds is 1. The normalized spacial score (nSPS) is 6.60. The first-order chi connectivity index (χ1) is 2.27. The predicted octanol–water partition coefficient (Wildman–Crippen LogP) is 0.322. The topological polar surface area (TPSA) is 12.4 Å². The minimum absolute atomic E-state index is 0.398. The molecule has 0 aromatic carbocycles. The Hall–Kier alpha value is -0.0701. The Balaban J connectivity index is 2.83. The molecule has 0 heterocycles. The zero-order valence-electron chi connectivity index (χ0n) is 3.73. The van der Waals surface area contributed by atoms with Gasteiger partial charge in [-0.2, -0.15) is 0 Å². The number of hydrogen-bond acceptors (Lipinski definition) is 1. The number of hydrogen-bond donors (Lipinski definition) is 0. The van der Waals surface area contributed by atoms with E-state index in [2.05, 4.69) is 12.4 Å². The zero-order valence-corrected chi connectivity index (χ0v) is 3.73. The molecule has 0 spiro atoms. The van der Waals surface area contributed by atoms with Crippen LogP contribution in [-0.4, -0.2) is 14.5 Å². The summed E-state index contributed by atoms with van der Waals surface area (Å²) < 4.78 is 0. The van der Waals surface area contributed by atoms with Crippen LogP contribution in [0.15, 0.2) is 4.81 Å². The molecular formula is C2H7B2N. The van der Waals surface area contributed by atoms with Crippen LogP contribution in [0.4, 0.5) is 0 Å². The minimum atomic E-state index is 0.398. The van der Waals surface area contributed by atoms with E-state index in [-0.39, 0.29) is 0 Å². The molecule has 0 aromatic rings. The summed E-state index contributed by atoms with van der Waals surface area (Å²) in [5.74, 6) is 0. The second kappa shape index (κ2) is 2.18. The van der Waals surface area contributed by atoms with E-state index >= 15 is 0 Å². The second-order valence-electron chi connectivity index (χ2n) is 1.28. The van der Waals surface area contributed by atoms with Crippen LogP contribution in [0, 0.1) is 0 Å². The fraction of sp³-hybridized carbons (Fsp3) is 1.00. The first-order valence-electron chi connectivity index (χ1n) is 1.73. The second-order valence-corrected chi connectivity index (χ2v) is 1.28. The average molecular weight is 66.7 g/mol. The maximum absolute atomic E-state index is 3.64. The third-order valence-electron chi connectivity index (χ3n) is 0.365. The molecule has 1 nitrogen and oxygen atoms in total. The molecule has 5 heavy (non-hydrogen) atoms. The van der Waals surface area contributed by atoms with E-state index in [1.807, 2.05) is 13.6 Å². The summed E-state index contributed by atoms with van der Waals surface area (Å²) in [6, 6.07) is 0. The van der Waals surface area contributed by atoms with Crippen LogP contribution in [0.3, 0.4) is 0 Å². The van der Waals surface area contributed by atoms with Crippen LogP contribution in [0.25, 0.3) is 0 Å². The Kier molecular flexibility index (Phi) is 2.15. The Morgan fingerprint density at radius 2 is 1.80 bits per heavy atom. The van der Waals surface area contributed by atoms with Gasteiger partial charge in [-0.3, -0.25) is 0 Å². The van der Waals surface area contributed by atoms with E-state index < -0.39 is 0 Å². The average Bonchev–Trinajstić information content (AvgIpc) is 1.38. The Morgan fingerprint density at radius 3 is 1.80 bits per heavy atom. The van der Waals surface area contributed by atoms with Gasteiger partial charge in [-0.15, -0.1) is 0 Å². The van der Waals surface area contributed by atoms with Gasteiger partial charge in [0.05, 0.1) is 0 Å². The first kappa shape index (κ1) is 4.93. The molecule has 0 saturated heterocycles. The monoisotopic (exact) mass is 67.1 g/mol. The van der Waals surface area contributed by atoms with Crippen molar-refractivity contribution in [3.63, 3.8) is 0 Å². The van der Waals surface area contributed by atoms with Gasteiger partial charge in [-0.05, 0) is 0 Å². The molecule has 0 radical (unpaired) electrons. The molecule has 0 atom stereocenters. The van der Waals surface area contributed by atoms with Gasteiger partial charge >= 0.3 is 32.9 Å². The van der Waals surface area contributed by atoms with Crippen molar-refractivity contribution < 1.29 is 0 Å². The summed E-state index contributed by atoms with van der Waals surface area (Å²) in [5, 5.41) is 0. The van der Waals surface area contributed by atoms with Crippen LogP contribution < -0.4 is 0 Å². The summed E-state index contributed by atoms with van der Waals surface area (Å²) in [7, 11) is 3.31. The summed E-state index contributed by atoms with van der Waals surface area (Å²) in [6.45, 7) is 4.38. The van der Waals surface area contributed by atoms with Crippen molar-refractivity contribution in [3.05, 3.63) is 0 Å². The molecular weight excluding hydrogens is 59.7 g/mol. The standard InChI is InChI=1S/C2H7B2N/c1-4(2)5-3/h3H,1-2H3. The van der Waals surface area contributed by atoms with Crippen LogP contribution in [0.1, 0.15) is 0 Å². The molecule has 0 aliphatic carbocycles. The van der Waals surface area contributed by atoms with Crippen molar-refractivity contribution in [3.8, 4) is 0 Å². The molecule has 0 fully saturated rings. The Labute approximate surface area is 34.0 Å². The van der Waals surface area contributed by atoms with Crippen LogP contribution in [-0.2, 0) is 0 Å². The van der Waals surface area contributed by atoms with Gasteiger partial charge in [0.1, 0.15) is 0 Å². The molecule has 0 amide bonds. The summed E-state index contributed by atoms with van der Waals surface area (Å²) in [5.41, 5.74) is 0. The van der Waals surface area contributed by atoms with Crippen molar-refractivity contribution >= 4 is 14.5 Å². The quantitative estimate of drug-likeness (QED) is 0.391. The molecule has 0 saturated carbocycles. The molecule has 0 rings (SSSR count). The van der Waals surface area contributed by atoms with Gasteiger partial charge in [0.15, 0.2) is 0 Å². The van der Waals surface area contributed by atoms with Crippen molar-refractivity contribution in [2.24, 2.45) is 4.81 Å². The van der Waals surface area contributed by atoms with E-state index in [4.69, 9.17) is 0 Å². The summed E-state index contributed by atoms with van der Waals surface area (Å²) in [4.78, 5) is 3.64. The zero-order chi connectivity index (χ0) is 4.28. The number of nitrogens with zero attached hydrogens (tertiary/aromatic N) is 1. The van der Waals surface area contributed by atoms with E-state index in [1.165, 1.54) is 0 Å². The van der Waals surface area contributed by atoms with Crippen molar-refractivity contribution in [2.45, 2.75) is 13.6 Å². The van der Waals surface area contributed by atoms with E-state index in [1.54, 1.807) is 0 Å². The summed E-state index contributed by atoms with van der Waals surface area (Å²) >= 11 is 0. The van der Waals surface area contributed by atoms with Crippen LogP contribution in [0.5, 0.6) is 0 Å². The molecule has 0 aromatic heterocycles. The Morgan fingerprint density at radius 1 is 1.60 bits per heavy atom.